The Kier molecular flexibility index (Phi) is 6.20. The van der Waals surface area contributed by atoms with Crippen LogP contribution in [0.1, 0.15) is 13.8 Å². The van der Waals surface area contributed by atoms with Crippen LogP contribution in [0.4, 0.5) is 0 Å². The predicted octanol–water partition coefficient (Wildman–Crippen LogP) is -0.0900. The highest BCUT2D eigenvalue weighted by Gasteiger charge is 2.45. The predicted molar refractivity (Wildman–Crippen MR) is 63.5 cm³/mol. The maximum atomic E-state index is 11.2. The first-order valence-electron chi connectivity index (χ1n) is 5.97. The molecule has 1 heterocycles. The van der Waals surface area contributed by atoms with Crippen molar-refractivity contribution in [2.75, 3.05) is 27.4 Å². The van der Waals surface area contributed by atoms with Gasteiger partial charge in [-0.15, -0.1) is 0 Å². The number of carbonyl (C=O) groups excluding carboxylic acids is 2. The quantitative estimate of drug-likeness (QED) is 0.649. The van der Waals surface area contributed by atoms with E-state index in [-0.39, 0.29) is 13.2 Å². The van der Waals surface area contributed by atoms with E-state index >= 15 is 0 Å². The molecule has 0 aliphatic carbocycles. The van der Waals surface area contributed by atoms with Gasteiger partial charge in [-0.1, -0.05) is 0 Å². The standard InChI is InChI=1S/C12H20O7/c1-7(13)18-11-9(16-4)6-17-10(5-15-3)12(11)19-8(2)14/h9-12H,5-6H2,1-4H3/t9-,10+,11+,12+/m0/s1. The monoisotopic (exact) mass is 276 g/mol. The van der Waals surface area contributed by atoms with Crippen molar-refractivity contribution in [1.29, 1.82) is 0 Å². The van der Waals surface area contributed by atoms with E-state index in [1.54, 1.807) is 0 Å². The van der Waals surface area contributed by atoms with Crippen LogP contribution in [-0.4, -0.2) is 63.8 Å². The number of esters is 2. The first-order valence-corrected chi connectivity index (χ1v) is 5.97. The van der Waals surface area contributed by atoms with Gasteiger partial charge in [-0.3, -0.25) is 9.59 Å². The molecule has 0 aromatic heterocycles. The van der Waals surface area contributed by atoms with Crippen LogP contribution in [0.25, 0.3) is 0 Å². The highest BCUT2D eigenvalue weighted by Crippen LogP contribution is 2.24. The van der Waals surface area contributed by atoms with Gasteiger partial charge in [0.15, 0.2) is 12.2 Å². The summed E-state index contributed by atoms with van der Waals surface area (Å²) in [6.07, 6.45) is -2.44. The fourth-order valence-corrected chi connectivity index (χ4v) is 2.01. The summed E-state index contributed by atoms with van der Waals surface area (Å²) in [6.45, 7) is 3.04. The molecule has 0 amide bonds. The summed E-state index contributed by atoms with van der Waals surface area (Å²) in [4.78, 5) is 22.4. The minimum Gasteiger partial charge on any atom is -0.456 e. The highest BCUT2D eigenvalue weighted by molar-refractivity contribution is 5.67. The second kappa shape index (κ2) is 7.42. The third-order valence-corrected chi connectivity index (χ3v) is 2.77. The maximum absolute atomic E-state index is 11.2. The number of carbonyl (C=O) groups is 2. The third kappa shape index (κ3) is 4.45. The molecule has 0 radical (unpaired) electrons. The molecule has 4 atom stereocenters. The molecule has 19 heavy (non-hydrogen) atoms. The molecule has 1 fully saturated rings. The molecule has 0 bridgehead atoms. The van der Waals surface area contributed by atoms with Gasteiger partial charge in [-0.2, -0.15) is 0 Å². The first kappa shape index (κ1) is 15.9. The fourth-order valence-electron chi connectivity index (χ4n) is 2.01. The lowest BCUT2D eigenvalue weighted by Gasteiger charge is -2.40. The minimum absolute atomic E-state index is 0.228. The Morgan fingerprint density at radius 3 is 2.16 bits per heavy atom. The molecule has 110 valence electrons. The maximum Gasteiger partial charge on any atom is 0.303 e. The van der Waals surface area contributed by atoms with Crippen molar-refractivity contribution >= 4 is 11.9 Å². The van der Waals surface area contributed by atoms with Gasteiger partial charge in [0.2, 0.25) is 0 Å². The fraction of sp³-hybridized carbons (Fsp3) is 0.833. The van der Waals surface area contributed by atoms with E-state index in [9.17, 15) is 9.59 Å². The summed E-state index contributed by atoms with van der Waals surface area (Å²) in [5, 5.41) is 0. The highest BCUT2D eigenvalue weighted by atomic mass is 16.6. The molecule has 0 spiro atoms. The number of hydrogen-bond acceptors (Lipinski definition) is 7. The molecule has 7 nitrogen and oxygen atoms in total. The molecule has 1 aliphatic heterocycles. The Bertz CT molecular complexity index is 317. The molecule has 7 heteroatoms. The van der Waals surface area contributed by atoms with E-state index in [1.807, 2.05) is 0 Å². The summed E-state index contributed by atoms with van der Waals surface area (Å²) in [7, 11) is 2.99. The Hall–Kier alpha value is -1.18. The molecule has 1 saturated heterocycles. The van der Waals surface area contributed by atoms with Gasteiger partial charge in [0.05, 0.1) is 13.2 Å². The van der Waals surface area contributed by atoms with Crippen molar-refractivity contribution in [2.24, 2.45) is 0 Å². The van der Waals surface area contributed by atoms with Crippen molar-refractivity contribution in [1.82, 2.24) is 0 Å². The van der Waals surface area contributed by atoms with Gasteiger partial charge in [-0.05, 0) is 0 Å². The Morgan fingerprint density at radius 2 is 1.68 bits per heavy atom. The van der Waals surface area contributed by atoms with Gasteiger partial charge >= 0.3 is 11.9 Å². The smallest absolute Gasteiger partial charge is 0.303 e. The van der Waals surface area contributed by atoms with Crippen molar-refractivity contribution in [2.45, 2.75) is 38.3 Å². The molecule has 0 aromatic rings. The van der Waals surface area contributed by atoms with Gasteiger partial charge in [0.25, 0.3) is 0 Å². The van der Waals surface area contributed by atoms with E-state index < -0.39 is 36.4 Å². The Morgan fingerprint density at radius 1 is 1.11 bits per heavy atom. The zero-order valence-electron chi connectivity index (χ0n) is 11.6. The van der Waals surface area contributed by atoms with Crippen molar-refractivity contribution in [3.8, 4) is 0 Å². The van der Waals surface area contributed by atoms with Crippen LogP contribution in [0.15, 0.2) is 0 Å². The molecular weight excluding hydrogens is 256 g/mol. The minimum atomic E-state index is -0.750. The first-order chi connectivity index (χ1) is 8.99. The zero-order valence-corrected chi connectivity index (χ0v) is 11.6. The van der Waals surface area contributed by atoms with Crippen LogP contribution in [0.5, 0.6) is 0 Å². The van der Waals surface area contributed by atoms with Gasteiger partial charge in [0, 0.05) is 28.1 Å². The van der Waals surface area contributed by atoms with Gasteiger partial charge in [0.1, 0.15) is 12.2 Å². The SMILES string of the molecule is COC[C@H]1OC[C@H](OC)[C@@H](OC(C)=O)[C@@H]1OC(C)=O. The van der Waals surface area contributed by atoms with E-state index in [1.165, 1.54) is 28.1 Å². The van der Waals surface area contributed by atoms with Crippen LogP contribution in [0.3, 0.4) is 0 Å². The van der Waals surface area contributed by atoms with E-state index in [2.05, 4.69) is 0 Å². The van der Waals surface area contributed by atoms with E-state index in [0.29, 0.717) is 0 Å². The lowest BCUT2D eigenvalue weighted by molar-refractivity contribution is -0.228. The molecule has 0 N–H and O–H groups in total. The Labute approximate surface area is 112 Å². The number of rotatable bonds is 5. The lowest BCUT2D eigenvalue weighted by atomic mass is 9.99. The largest absolute Gasteiger partial charge is 0.456 e. The van der Waals surface area contributed by atoms with Crippen LogP contribution >= 0.6 is 0 Å². The third-order valence-electron chi connectivity index (χ3n) is 2.77. The normalized spacial score (nSPS) is 30.7. The van der Waals surface area contributed by atoms with Crippen molar-refractivity contribution in [3.63, 3.8) is 0 Å². The summed E-state index contributed by atoms with van der Waals surface area (Å²) >= 11 is 0. The Balaban J connectivity index is 2.89. The molecule has 1 aliphatic rings. The number of ether oxygens (including phenoxy) is 5. The van der Waals surface area contributed by atoms with E-state index in [0.717, 1.165) is 0 Å². The van der Waals surface area contributed by atoms with Crippen molar-refractivity contribution < 1.29 is 33.3 Å². The van der Waals surface area contributed by atoms with Crippen LogP contribution in [-0.2, 0) is 33.3 Å². The summed E-state index contributed by atoms with van der Waals surface area (Å²) < 4.78 is 26.2. The average Bonchev–Trinajstić information content (AvgIpc) is 2.32. The van der Waals surface area contributed by atoms with Gasteiger partial charge in [-0.25, -0.2) is 0 Å². The zero-order chi connectivity index (χ0) is 14.4. The molecule has 0 saturated carbocycles. The molecule has 0 unspecified atom stereocenters. The van der Waals surface area contributed by atoms with Crippen LogP contribution in [0, 0.1) is 0 Å². The topological polar surface area (TPSA) is 80.3 Å². The average molecular weight is 276 g/mol. The van der Waals surface area contributed by atoms with Crippen molar-refractivity contribution in [3.05, 3.63) is 0 Å². The summed E-state index contributed by atoms with van der Waals surface area (Å²) in [5.74, 6) is -0.953. The number of hydrogen-bond donors (Lipinski definition) is 0. The second-order valence-corrected chi connectivity index (χ2v) is 4.25. The molecule has 0 aromatic carbocycles. The molecule has 1 rings (SSSR count). The lowest BCUT2D eigenvalue weighted by Crippen LogP contribution is -2.58. The van der Waals surface area contributed by atoms with Crippen LogP contribution < -0.4 is 0 Å². The number of methoxy groups -OCH3 is 2. The second-order valence-electron chi connectivity index (χ2n) is 4.25. The van der Waals surface area contributed by atoms with Gasteiger partial charge < -0.3 is 23.7 Å². The van der Waals surface area contributed by atoms with Crippen LogP contribution in [0.2, 0.25) is 0 Å². The molecular formula is C12H20O7. The van der Waals surface area contributed by atoms with E-state index in [4.69, 9.17) is 23.7 Å². The summed E-state index contributed by atoms with van der Waals surface area (Å²) in [5.41, 5.74) is 0. The summed E-state index contributed by atoms with van der Waals surface area (Å²) in [6, 6.07) is 0.